The molecule has 0 aliphatic rings. The fourth-order valence-electron chi connectivity index (χ4n) is 1.08. The van der Waals surface area contributed by atoms with E-state index in [1.165, 1.54) is 6.92 Å². The van der Waals surface area contributed by atoms with Crippen molar-refractivity contribution in [2.75, 3.05) is 0 Å². The molecule has 0 bridgehead atoms. The van der Waals surface area contributed by atoms with Crippen molar-refractivity contribution in [1.82, 2.24) is 10.6 Å². The van der Waals surface area contributed by atoms with Gasteiger partial charge in [0.15, 0.2) is 0 Å². The smallest absolute Gasteiger partial charge is 0.321 e. The predicted molar refractivity (Wildman–Crippen MR) is 69.8 cm³/mol. The van der Waals surface area contributed by atoms with E-state index in [4.69, 9.17) is 11.6 Å². The molecule has 92 valence electrons. The van der Waals surface area contributed by atoms with Crippen molar-refractivity contribution >= 4 is 39.5 Å². The van der Waals surface area contributed by atoms with Gasteiger partial charge in [0.1, 0.15) is 5.38 Å². The zero-order chi connectivity index (χ0) is 12.8. The summed E-state index contributed by atoms with van der Waals surface area (Å²) in [5.41, 5.74) is 0.931. The van der Waals surface area contributed by atoms with Crippen LogP contribution in [0.15, 0.2) is 28.7 Å². The number of halogens is 2. The molecule has 1 atom stereocenters. The molecule has 0 fully saturated rings. The van der Waals surface area contributed by atoms with Crippen LogP contribution in [0, 0.1) is 0 Å². The first kappa shape index (κ1) is 14.0. The van der Waals surface area contributed by atoms with E-state index >= 15 is 0 Å². The highest BCUT2D eigenvalue weighted by Crippen LogP contribution is 2.11. The minimum atomic E-state index is -0.730. The molecule has 0 spiro atoms. The number of imide groups is 1. The molecular weight excluding hydrogens is 307 g/mol. The van der Waals surface area contributed by atoms with Crippen molar-refractivity contribution in [1.29, 1.82) is 0 Å². The van der Waals surface area contributed by atoms with Crippen LogP contribution in [0.3, 0.4) is 0 Å². The molecule has 0 heterocycles. The Bertz CT molecular complexity index is 424. The Balaban J connectivity index is 2.41. The quantitative estimate of drug-likeness (QED) is 0.841. The summed E-state index contributed by atoms with van der Waals surface area (Å²) in [6, 6.07) is 6.96. The van der Waals surface area contributed by atoms with Crippen LogP contribution in [0.1, 0.15) is 12.5 Å². The average molecular weight is 320 g/mol. The van der Waals surface area contributed by atoms with Gasteiger partial charge >= 0.3 is 6.03 Å². The van der Waals surface area contributed by atoms with E-state index in [1.54, 1.807) is 0 Å². The molecule has 1 unspecified atom stereocenters. The first-order valence-electron chi connectivity index (χ1n) is 4.96. The van der Waals surface area contributed by atoms with E-state index in [2.05, 4.69) is 26.6 Å². The van der Waals surface area contributed by atoms with Crippen LogP contribution in [0.2, 0.25) is 0 Å². The summed E-state index contributed by atoms with van der Waals surface area (Å²) in [4.78, 5) is 22.4. The molecule has 1 rings (SSSR count). The summed E-state index contributed by atoms with van der Waals surface area (Å²) in [6.07, 6.45) is 0. The van der Waals surface area contributed by atoms with Crippen LogP contribution >= 0.6 is 27.5 Å². The predicted octanol–water partition coefficient (Wildman–Crippen LogP) is 2.40. The van der Waals surface area contributed by atoms with Crippen molar-refractivity contribution in [3.63, 3.8) is 0 Å². The summed E-state index contributed by atoms with van der Waals surface area (Å²) in [6.45, 7) is 1.84. The fraction of sp³-hybridized carbons (Fsp3) is 0.273. The van der Waals surface area contributed by atoms with Gasteiger partial charge in [-0.3, -0.25) is 10.1 Å². The van der Waals surface area contributed by atoms with Crippen LogP contribution < -0.4 is 10.6 Å². The molecule has 0 radical (unpaired) electrons. The molecule has 0 aromatic heterocycles. The average Bonchev–Trinajstić information content (AvgIpc) is 2.26. The summed E-state index contributed by atoms with van der Waals surface area (Å²) >= 11 is 8.84. The molecule has 1 aromatic carbocycles. The molecule has 2 N–H and O–H groups in total. The Kier molecular flexibility index (Phi) is 5.44. The Morgan fingerprint density at radius 2 is 2.18 bits per heavy atom. The Hall–Kier alpha value is -1.07. The number of alkyl halides is 1. The summed E-state index contributed by atoms with van der Waals surface area (Å²) in [5.74, 6) is -0.515. The normalized spacial score (nSPS) is 11.7. The maximum absolute atomic E-state index is 11.3. The fourth-order valence-corrected chi connectivity index (χ4v) is 1.59. The SMILES string of the molecule is CC(Cl)C(=O)NC(=O)NCc1cccc(Br)c1. The highest BCUT2D eigenvalue weighted by atomic mass is 79.9. The number of benzene rings is 1. The van der Waals surface area contributed by atoms with Crippen molar-refractivity contribution in [2.24, 2.45) is 0 Å². The van der Waals surface area contributed by atoms with Gasteiger partial charge in [0, 0.05) is 11.0 Å². The maximum atomic E-state index is 11.3. The summed E-state index contributed by atoms with van der Waals surface area (Å²) in [5, 5.41) is 3.96. The van der Waals surface area contributed by atoms with Gasteiger partial charge in [0.25, 0.3) is 0 Å². The molecule has 3 amide bonds. The Morgan fingerprint density at radius 3 is 2.76 bits per heavy atom. The van der Waals surface area contributed by atoms with E-state index in [0.717, 1.165) is 10.0 Å². The number of nitrogens with one attached hydrogen (secondary N) is 2. The van der Waals surface area contributed by atoms with E-state index in [9.17, 15) is 9.59 Å². The second-order valence-electron chi connectivity index (χ2n) is 3.42. The van der Waals surface area contributed by atoms with E-state index < -0.39 is 17.3 Å². The molecule has 0 saturated heterocycles. The Morgan fingerprint density at radius 1 is 1.47 bits per heavy atom. The lowest BCUT2D eigenvalue weighted by atomic mass is 10.2. The van der Waals surface area contributed by atoms with Crippen molar-refractivity contribution in [2.45, 2.75) is 18.8 Å². The topological polar surface area (TPSA) is 58.2 Å². The first-order chi connectivity index (χ1) is 7.99. The van der Waals surface area contributed by atoms with Crippen LogP contribution in [0.5, 0.6) is 0 Å². The maximum Gasteiger partial charge on any atom is 0.321 e. The van der Waals surface area contributed by atoms with E-state index in [1.807, 2.05) is 24.3 Å². The molecule has 17 heavy (non-hydrogen) atoms. The Labute approximate surface area is 113 Å². The number of amides is 3. The summed E-state index contributed by atoms with van der Waals surface area (Å²) in [7, 11) is 0. The third-order valence-corrected chi connectivity index (χ3v) is 2.63. The van der Waals surface area contributed by atoms with Crippen LogP contribution in [0.25, 0.3) is 0 Å². The molecule has 0 aliphatic carbocycles. The number of carbonyl (C=O) groups is 2. The van der Waals surface area contributed by atoms with Gasteiger partial charge in [0.2, 0.25) is 5.91 Å². The van der Waals surface area contributed by atoms with Gasteiger partial charge in [-0.1, -0.05) is 28.1 Å². The molecule has 0 saturated carbocycles. The van der Waals surface area contributed by atoms with Gasteiger partial charge in [0.05, 0.1) is 0 Å². The second-order valence-corrected chi connectivity index (χ2v) is 4.99. The van der Waals surface area contributed by atoms with E-state index in [0.29, 0.717) is 6.54 Å². The minimum Gasteiger partial charge on any atom is -0.334 e. The monoisotopic (exact) mass is 318 g/mol. The lowest BCUT2D eigenvalue weighted by Gasteiger charge is -2.07. The van der Waals surface area contributed by atoms with Crippen LogP contribution in [0.4, 0.5) is 4.79 Å². The molecular formula is C11H12BrClN2O2. The zero-order valence-electron chi connectivity index (χ0n) is 9.17. The minimum absolute atomic E-state index is 0.342. The number of carbonyl (C=O) groups excluding carboxylic acids is 2. The van der Waals surface area contributed by atoms with Crippen molar-refractivity contribution < 1.29 is 9.59 Å². The van der Waals surface area contributed by atoms with Gasteiger partial charge in [-0.25, -0.2) is 4.79 Å². The van der Waals surface area contributed by atoms with Crippen molar-refractivity contribution in [3.05, 3.63) is 34.3 Å². The highest BCUT2D eigenvalue weighted by Gasteiger charge is 2.12. The molecule has 0 aliphatic heterocycles. The van der Waals surface area contributed by atoms with Gasteiger partial charge in [-0.2, -0.15) is 0 Å². The molecule has 6 heteroatoms. The number of urea groups is 1. The first-order valence-corrected chi connectivity index (χ1v) is 6.19. The number of hydrogen-bond donors (Lipinski definition) is 2. The third kappa shape index (κ3) is 5.19. The largest absolute Gasteiger partial charge is 0.334 e. The van der Waals surface area contributed by atoms with Gasteiger partial charge in [-0.15, -0.1) is 11.6 Å². The third-order valence-electron chi connectivity index (χ3n) is 1.94. The number of rotatable bonds is 3. The lowest BCUT2D eigenvalue weighted by Crippen LogP contribution is -2.41. The molecule has 1 aromatic rings. The summed E-state index contributed by atoms with van der Waals surface area (Å²) < 4.78 is 0.933. The van der Waals surface area contributed by atoms with E-state index in [-0.39, 0.29) is 0 Å². The highest BCUT2D eigenvalue weighted by molar-refractivity contribution is 9.10. The zero-order valence-corrected chi connectivity index (χ0v) is 11.5. The van der Waals surface area contributed by atoms with Crippen molar-refractivity contribution in [3.8, 4) is 0 Å². The standard InChI is InChI=1S/C11H12BrClN2O2/c1-7(13)10(16)15-11(17)14-6-8-3-2-4-9(12)5-8/h2-5,7H,6H2,1H3,(H2,14,15,16,17). The van der Waals surface area contributed by atoms with Gasteiger partial charge < -0.3 is 5.32 Å². The van der Waals surface area contributed by atoms with Gasteiger partial charge in [-0.05, 0) is 24.6 Å². The molecule has 4 nitrogen and oxygen atoms in total. The van der Waals surface area contributed by atoms with Crippen LogP contribution in [-0.2, 0) is 11.3 Å². The lowest BCUT2D eigenvalue weighted by molar-refractivity contribution is -0.119. The number of hydrogen-bond acceptors (Lipinski definition) is 2. The van der Waals surface area contributed by atoms with Crippen LogP contribution in [-0.4, -0.2) is 17.3 Å². The second kappa shape index (κ2) is 6.61.